The zero-order valence-corrected chi connectivity index (χ0v) is 12.3. The van der Waals surface area contributed by atoms with Crippen molar-refractivity contribution in [1.29, 1.82) is 0 Å². The third-order valence-corrected chi connectivity index (χ3v) is 3.32. The number of benzene rings is 2. The molecule has 6 N–H and O–H groups in total. The van der Waals surface area contributed by atoms with Crippen LogP contribution in [-0.2, 0) is 11.2 Å². The quantitative estimate of drug-likeness (QED) is 0.446. The van der Waals surface area contributed by atoms with Crippen molar-refractivity contribution in [2.45, 2.75) is 12.5 Å². The van der Waals surface area contributed by atoms with Gasteiger partial charge in [0, 0.05) is 12.0 Å². The Morgan fingerprint density at radius 3 is 2.00 bits per heavy atom. The molecule has 8 nitrogen and oxygen atoms in total. The van der Waals surface area contributed by atoms with Crippen molar-refractivity contribution in [3.05, 3.63) is 47.5 Å². The van der Waals surface area contributed by atoms with Gasteiger partial charge in [-0.1, -0.05) is 6.07 Å². The van der Waals surface area contributed by atoms with Gasteiger partial charge in [0.1, 0.15) is 6.04 Å². The number of hydrogen-bond donors (Lipinski definition) is 6. The number of carboxylic acids is 1. The van der Waals surface area contributed by atoms with E-state index < -0.39 is 35.2 Å². The minimum absolute atomic E-state index is 0.0231. The predicted molar refractivity (Wildman–Crippen MR) is 82.1 cm³/mol. The van der Waals surface area contributed by atoms with Gasteiger partial charge in [-0.05, 0) is 35.9 Å². The Bertz CT molecular complexity index is 788. The fraction of sp³-hybridized carbons (Fsp3) is 0.125. The summed E-state index contributed by atoms with van der Waals surface area (Å²) in [5.41, 5.74) is 0.372. The number of phenolic OH excluding ortho intramolecular Hbond substituents is 4. The summed E-state index contributed by atoms with van der Waals surface area (Å²) in [7, 11) is 0. The van der Waals surface area contributed by atoms with Crippen molar-refractivity contribution in [2.24, 2.45) is 0 Å². The highest BCUT2D eigenvalue weighted by molar-refractivity contribution is 5.97. The summed E-state index contributed by atoms with van der Waals surface area (Å²) in [4.78, 5) is 23.4. The molecule has 1 atom stereocenters. The normalized spacial score (nSPS) is 11.7. The van der Waals surface area contributed by atoms with Crippen LogP contribution in [0.15, 0.2) is 36.4 Å². The first kappa shape index (κ1) is 16.9. The number of phenols is 4. The summed E-state index contributed by atoms with van der Waals surface area (Å²) in [6, 6.07) is 5.89. The Hall–Kier alpha value is -3.42. The van der Waals surface area contributed by atoms with Crippen LogP contribution in [0.4, 0.5) is 0 Å². The second-order valence-electron chi connectivity index (χ2n) is 5.09. The molecule has 0 aliphatic carbocycles. The number of nitrogens with one attached hydrogen (secondary N) is 1. The summed E-state index contributed by atoms with van der Waals surface area (Å²) in [6.45, 7) is 0. The van der Waals surface area contributed by atoms with Crippen LogP contribution in [0.1, 0.15) is 15.9 Å². The summed E-state index contributed by atoms with van der Waals surface area (Å²) in [5, 5.41) is 48.8. The van der Waals surface area contributed by atoms with Crippen LogP contribution in [0.3, 0.4) is 0 Å². The molecule has 0 saturated heterocycles. The molecule has 0 unspecified atom stereocenters. The summed E-state index contributed by atoms with van der Waals surface area (Å²) in [6.07, 6.45) is -0.126. The van der Waals surface area contributed by atoms with Gasteiger partial charge in [-0.25, -0.2) is 4.79 Å². The van der Waals surface area contributed by atoms with Gasteiger partial charge >= 0.3 is 5.97 Å². The molecule has 0 aromatic heterocycles. The van der Waals surface area contributed by atoms with E-state index in [0.717, 1.165) is 12.1 Å². The van der Waals surface area contributed by atoms with E-state index in [-0.39, 0.29) is 17.7 Å². The van der Waals surface area contributed by atoms with Gasteiger partial charge in [0.15, 0.2) is 23.0 Å². The van der Waals surface area contributed by atoms with Crippen molar-refractivity contribution in [3.8, 4) is 23.0 Å². The van der Waals surface area contributed by atoms with Gasteiger partial charge in [-0.3, -0.25) is 4.79 Å². The van der Waals surface area contributed by atoms with Gasteiger partial charge < -0.3 is 30.8 Å². The first-order valence-corrected chi connectivity index (χ1v) is 6.84. The lowest BCUT2D eigenvalue weighted by molar-refractivity contribution is -0.139. The molecule has 1 amide bonds. The van der Waals surface area contributed by atoms with Crippen LogP contribution in [0.2, 0.25) is 0 Å². The molecular weight excluding hydrogens is 318 g/mol. The predicted octanol–water partition coefficient (Wildman–Crippen LogP) is 0.935. The average molecular weight is 333 g/mol. The number of amides is 1. The van der Waals surface area contributed by atoms with Crippen LogP contribution in [0.25, 0.3) is 0 Å². The highest BCUT2D eigenvalue weighted by atomic mass is 16.4. The van der Waals surface area contributed by atoms with E-state index in [2.05, 4.69) is 5.32 Å². The van der Waals surface area contributed by atoms with Gasteiger partial charge in [0.2, 0.25) is 0 Å². The van der Waals surface area contributed by atoms with Gasteiger partial charge in [0.05, 0.1) is 0 Å². The minimum atomic E-state index is -1.29. The van der Waals surface area contributed by atoms with Crippen molar-refractivity contribution in [3.63, 3.8) is 0 Å². The standard InChI is InChI=1S/C16H15NO7/c18-11-3-1-8(6-13(11)20)5-10(16(23)24)17-15(22)9-2-4-12(19)14(21)7-9/h1-4,6-7,10,18-21H,5H2,(H,17,22)(H,23,24)/t10-/m0/s1. The van der Waals surface area contributed by atoms with E-state index in [9.17, 15) is 35.1 Å². The van der Waals surface area contributed by atoms with Crippen LogP contribution >= 0.6 is 0 Å². The molecule has 8 heteroatoms. The maximum Gasteiger partial charge on any atom is 0.326 e. The van der Waals surface area contributed by atoms with Crippen LogP contribution in [0, 0.1) is 0 Å². The van der Waals surface area contributed by atoms with E-state index in [1.165, 1.54) is 24.3 Å². The van der Waals surface area contributed by atoms with Crippen molar-refractivity contribution in [2.75, 3.05) is 0 Å². The third-order valence-electron chi connectivity index (χ3n) is 3.32. The summed E-state index contributed by atoms with van der Waals surface area (Å²) < 4.78 is 0. The van der Waals surface area contributed by atoms with Crippen LogP contribution < -0.4 is 5.32 Å². The van der Waals surface area contributed by atoms with Crippen molar-refractivity contribution < 1.29 is 35.1 Å². The number of rotatable bonds is 5. The second-order valence-corrected chi connectivity index (χ2v) is 5.09. The molecule has 0 spiro atoms. The van der Waals surface area contributed by atoms with E-state index >= 15 is 0 Å². The topological polar surface area (TPSA) is 147 Å². The zero-order chi connectivity index (χ0) is 17.9. The molecule has 0 bridgehead atoms. The molecule has 0 aliphatic rings. The average Bonchev–Trinajstić information content (AvgIpc) is 2.52. The monoisotopic (exact) mass is 333 g/mol. The van der Waals surface area contributed by atoms with Crippen molar-refractivity contribution >= 4 is 11.9 Å². The molecule has 24 heavy (non-hydrogen) atoms. The molecule has 126 valence electrons. The first-order chi connectivity index (χ1) is 11.3. The zero-order valence-electron chi connectivity index (χ0n) is 12.3. The molecule has 0 aliphatic heterocycles. The fourth-order valence-corrected chi connectivity index (χ4v) is 2.04. The fourth-order valence-electron chi connectivity index (χ4n) is 2.04. The van der Waals surface area contributed by atoms with Gasteiger partial charge in [-0.15, -0.1) is 0 Å². The van der Waals surface area contributed by atoms with E-state index in [1.54, 1.807) is 0 Å². The lowest BCUT2D eigenvalue weighted by atomic mass is 10.0. The number of carboxylic acid groups (broad SMARTS) is 1. The number of hydrogen-bond acceptors (Lipinski definition) is 6. The van der Waals surface area contributed by atoms with Gasteiger partial charge in [-0.2, -0.15) is 0 Å². The highest BCUT2D eigenvalue weighted by Crippen LogP contribution is 2.26. The molecule has 0 fully saturated rings. The Morgan fingerprint density at radius 1 is 0.875 bits per heavy atom. The number of carbonyl (C=O) groups is 2. The van der Waals surface area contributed by atoms with Crippen LogP contribution in [-0.4, -0.2) is 43.5 Å². The minimum Gasteiger partial charge on any atom is -0.504 e. The SMILES string of the molecule is O=C(N[C@@H](Cc1ccc(O)c(O)c1)C(=O)O)c1ccc(O)c(O)c1. The smallest absolute Gasteiger partial charge is 0.326 e. The van der Waals surface area contributed by atoms with Gasteiger partial charge in [0.25, 0.3) is 5.91 Å². The molecule has 0 saturated carbocycles. The van der Waals surface area contributed by atoms with Crippen LogP contribution in [0.5, 0.6) is 23.0 Å². The Kier molecular flexibility index (Phi) is 4.78. The van der Waals surface area contributed by atoms with E-state index in [1.807, 2.05) is 0 Å². The molecule has 0 radical (unpaired) electrons. The maximum absolute atomic E-state index is 12.1. The largest absolute Gasteiger partial charge is 0.504 e. The molecule has 2 aromatic rings. The summed E-state index contributed by atoms with van der Waals surface area (Å²) in [5.74, 6) is -3.68. The molecular formula is C16H15NO7. The first-order valence-electron chi connectivity index (χ1n) is 6.84. The second kappa shape index (κ2) is 6.78. The Morgan fingerprint density at radius 2 is 1.46 bits per heavy atom. The number of aromatic hydroxyl groups is 4. The lowest BCUT2D eigenvalue weighted by Crippen LogP contribution is -2.42. The van der Waals surface area contributed by atoms with E-state index in [0.29, 0.717) is 5.56 Å². The third kappa shape index (κ3) is 3.86. The van der Waals surface area contributed by atoms with E-state index in [4.69, 9.17) is 0 Å². The molecule has 2 aromatic carbocycles. The van der Waals surface area contributed by atoms with Crippen molar-refractivity contribution in [1.82, 2.24) is 5.32 Å². The Balaban J connectivity index is 2.15. The Labute approximate surface area is 136 Å². The molecule has 0 heterocycles. The number of aliphatic carboxylic acids is 1. The number of carbonyl (C=O) groups excluding carboxylic acids is 1. The highest BCUT2D eigenvalue weighted by Gasteiger charge is 2.22. The lowest BCUT2D eigenvalue weighted by Gasteiger charge is -2.15. The summed E-state index contributed by atoms with van der Waals surface area (Å²) >= 11 is 0. The molecule has 2 rings (SSSR count). The maximum atomic E-state index is 12.1.